The first-order chi connectivity index (χ1) is 4.89. The molecule has 2 unspecified atom stereocenters. The third-order valence-corrected chi connectivity index (χ3v) is 2.44. The van der Waals surface area contributed by atoms with Crippen molar-refractivity contribution < 1.29 is 0 Å². The molecular weight excluding hydrogens is 136 g/mol. The Morgan fingerprint density at radius 2 is 1.82 bits per heavy atom. The largest absolute Gasteiger partial charge is 0.327 e. The number of rotatable bonds is 4. The maximum Gasteiger partial charge on any atom is 0.0137 e. The highest BCUT2D eigenvalue weighted by atomic mass is 14.8. The fourth-order valence-electron chi connectivity index (χ4n) is 1.14. The Bertz CT molecular complexity index is 105. The average Bonchev–Trinajstić information content (AvgIpc) is 1.85. The molecule has 2 heteroatoms. The number of hydrogen-bond acceptors (Lipinski definition) is 2. The second-order valence-corrected chi connectivity index (χ2v) is 4.06. The molecule has 0 bridgehead atoms. The molecule has 0 aliphatic rings. The van der Waals surface area contributed by atoms with Gasteiger partial charge in [0.05, 0.1) is 0 Å². The van der Waals surface area contributed by atoms with Gasteiger partial charge >= 0.3 is 0 Å². The lowest BCUT2D eigenvalue weighted by atomic mass is 9.83. The van der Waals surface area contributed by atoms with E-state index in [0.29, 0.717) is 5.92 Å². The molecule has 0 saturated carbocycles. The molecule has 4 N–H and O–H groups in total. The monoisotopic (exact) mass is 158 g/mol. The lowest BCUT2D eigenvalue weighted by Gasteiger charge is -2.31. The fraction of sp³-hybridized carbons (Fsp3) is 1.00. The van der Waals surface area contributed by atoms with Gasteiger partial charge in [-0.05, 0) is 26.2 Å². The van der Waals surface area contributed by atoms with Crippen molar-refractivity contribution in [2.75, 3.05) is 0 Å². The molecule has 0 fully saturated rings. The molecule has 0 heterocycles. The molecule has 0 aromatic heterocycles. The summed E-state index contributed by atoms with van der Waals surface area (Å²) in [5.74, 6) is 0.391. The first-order valence-electron chi connectivity index (χ1n) is 4.44. The van der Waals surface area contributed by atoms with E-state index in [0.717, 1.165) is 12.8 Å². The number of hydrogen-bond donors (Lipinski definition) is 2. The van der Waals surface area contributed by atoms with Gasteiger partial charge in [0.2, 0.25) is 0 Å². The summed E-state index contributed by atoms with van der Waals surface area (Å²) in [5, 5.41) is 0. The van der Waals surface area contributed by atoms with Crippen LogP contribution in [0.15, 0.2) is 0 Å². The molecule has 11 heavy (non-hydrogen) atoms. The molecule has 0 radical (unpaired) electrons. The van der Waals surface area contributed by atoms with Crippen LogP contribution < -0.4 is 11.5 Å². The van der Waals surface area contributed by atoms with E-state index in [1.165, 1.54) is 0 Å². The predicted molar refractivity (Wildman–Crippen MR) is 50.3 cm³/mol. The minimum atomic E-state index is -0.144. The third-order valence-electron chi connectivity index (χ3n) is 2.44. The normalized spacial score (nSPS) is 18.0. The van der Waals surface area contributed by atoms with Gasteiger partial charge in [0, 0.05) is 11.6 Å². The lowest BCUT2D eigenvalue weighted by Crippen LogP contribution is -2.48. The van der Waals surface area contributed by atoms with Crippen molar-refractivity contribution in [1.82, 2.24) is 0 Å². The minimum Gasteiger partial charge on any atom is -0.327 e. The van der Waals surface area contributed by atoms with Crippen LogP contribution in [-0.2, 0) is 0 Å². The lowest BCUT2D eigenvalue weighted by molar-refractivity contribution is 0.282. The fourth-order valence-corrected chi connectivity index (χ4v) is 1.14. The SMILES string of the molecule is CCCC(N)C(C)C(C)(C)N. The molecule has 0 aliphatic heterocycles. The van der Waals surface area contributed by atoms with Crippen LogP contribution in [0.5, 0.6) is 0 Å². The molecular formula is C9H22N2. The van der Waals surface area contributed by atoms with Crippen molar-refractivity contribution in [2.45, 2.75) is 52.1 Å². The van der Waals surface area contributed by atoms with E-state index in [1.54, 1.807) is 0 Å². The van der Waals surface area contributed by atoms with Crippen LogP contribution in [0.2, 0.25) is 0 Å². The summed E-state index contributed by atoms with van der Waals surface area (Å²) in [6.45, 7) is 8.34. The van der Waals surface area contributed by atoms with Crippen LogP contribution in [0.25, 0.3) is 0 Å². The topological polar surface area (TPSA) is 52.0 Å². The second-order valence-electron chi connectivity index (χ2n) is 4.06. The van der Waals surface area contributed by atoms with Crippen LogP contribution in [0.3, 0.4) is 0 Å². The van der Waals surface area contributed by atoms with Crippen molar-refractivity contribution in [3.05, 3.63) is 0 Å². The van der Waals surface area contributed by atoms with Crippen LogP contribution in [-0.4, -0.2) is 11.6 Å². The highest BCUT2D eigenvalue weighted by molar-refractivity contribution is 4.85. The summed E-state index contributed by atoms with van der Waals surface area (Å²) >= 11 is 0. The van der Waals surface area contributed by atoms with Crippen LogP contribution >= 0.6 is 0 Å². The van der Waals surface area contributed by atoms with E-state index in [1.807, 2.05) is 13.8 Å². The van der Waals surface area contributed by atoms with Gasteiger partial charge in [-0.15, -0.1) is 0 Å². The Hall–Kier alpha value is -0.0800. The molecule has 0 rings (SSSR count). The standard InChI is InChI=1S/C9H22N2/c1-5-6-8(10)7(2)9(3,4)11/h7-8H,5-6,10-11H2,1-4H3. The summed E-state index contributed by atoms with van der Waals surface area (Å²) in [7, 11) is 0. The molecule has 2 atom stereocenters. The zero-order valence-corrected chi connectivity index (χ0v) is 8.22. The van der Waals surface area contributed by atoms with Crippen LogP contribution in [0, 0.1) is 5.92 Å². The molecule has 0 aromatic carbocycles. The summed E-state index contributed by atoms with van der Waals surface area (Å²) in [6, 6.07) is 0.250. The highest BCUT2D eigenvalue weighted by Crippen LogP contribution is 2.18. The highest BCUT2D eigenvalue weighted by Gasteiger charge is 2.25. The number of nitrogens with two attached hydrogens (primary N) is 2. The summed E-state index contributed by atoms with van der Waals surface area (Å²) in [4.78, 5) is 0. The first kappa shape index (κ1) is 10.9. The Kier molecular flexibility index (Phi) is 4.04. The Labute approximate surface area is 70.3 Å². The van der Waals surface area contributed by atoms with Gasteiger partial charge in [0.15, 0.2) is 0 Å². The Balaban J connectivity index is 3.91. The van der Waals surface area contributed by atoms with E-state index in [4.69, 9.17) is 11.5 Å². The molecule has 0 saturated heterocycles. The maximum absolute atomic E-state index is 5.93. The summed E-state index contributed by atoms with van der Waals surface area (Å²) < 4.78 is 0. The van der Waals surface area contributed by atoms with Crippen molar-refractivity contribution in [2.24, 2.45) is 17.4 Å². The van der Waals surface area contributed by atoms with E-state index in [2.05, 4.69) is 13.8 Å². The zero-order valence-electron chi connectivity index (χ0n) is 8.22. The molecule has 0 aromatic rings. The minimum absolute atomic E-state index is 0.144. The van der Waals surface area contributed by atoms with E-state index < -0.39 is 0 Å². The van der Waals surface area contributed by atoms with Crippen LogP contribution in [0.4, 0.5) is 0 Å². The van der Waals surface area contributed by atoms with Gasteiger partial charge in [-0.1, -0.05) is 20.3 Å². The van der Waals surface area contributed by atoms with E-state index in [9.17, 15) is 0 Å². The van der Waals surface area contributed by atoms with Crippen molar-refractivity contribution in [3.63, 3.8) is 0 Å². The smallest absolute Gasteiger partial charge is 0.0137 e. The molecule has 68 valence electrons. The van der Waals surface area contributed by atoms with Gasteiger partial charge in [0.1, 0.15) is 0 Å². The van der Waals surface area contributed by atoms with Gasteiger partial charge < -0.3 is 11.5 Å². The zero-order chi connectivity index (χ0) is 9.07. The van der Waals surface area contributed by atoms with Gasteiger partial charge in [-0.25, -0.2) is 0 Å². The molecule has 0 amide bonds. The van der Waals surface area contributed by atoms with Crippen molar-refractivity contribution in [3.8, 4) is 0 Å². The second kappa shape index (κ2) is 4.07. The Morgan fingerprint density at radius 1 is 1.36 bits per heavy atom. The average molecular weight is 158 g/mol. The Morgan fingerprint density at radius 3 is 2.09 bits per heavy atom. The van der Waals surface area contributed by atoms with Gasteiger partial charge in [-0.2, -0.15) is 0 Å². The van der Waals surface area contributed by atoms with Gasteiger partial charge in [-0.3, -0.25) is 0 Å². The molecule has 0 spiro atoms. The van der Waals surface area contributed by atoms with Crippen molar-refractivity contribution >= 4 is 0 Å². The molecule has 2 nitrogen and oxygen atoms in total. The van der Waals surface area contributed by atoms with Crippen LogP contribution in [0.1, 0.15) is 40.5 Å². The van der Waals surface area contributed by atoms with E-state index in [-0.39, 0.29) is 11.6 Å². The maximum atomic E-state index is 5.93. The summed E-state index contributed by atoms with van der Waals surface area (Å²) in [6.07, 6.45) is 2.21. The summed E-state index contributed by atoms with van der Waals surface area (Å²) in [5.41, 5.74) is 11.7. The van der Waals surface area contributed by atoms with Crippen molar-refractivity contribution in [1.29, 1.82) is 0 Å². The quantitative estimate of drug-likeness (QED) is 0.651. The van der Waals surface area contributed by atoms with Gasteiger partial charge in [0.25, 0.3) is 0 Å². The molecule has 0 aliphatic carbocycles. The predicted octanol–water partition coefficient (Wildman–Crippen LogP) is 1.49. The first-order valence-corrected chi connectivity index (χ1v) is 4.44. The van der Waals surface area contributed by atoms with E-state index >= 15 is 0 Å². The third kappa shape index (κ3) is 3.73.